The Hall–Kier alpha value is -3.52. The predicted molar refractivity (Wildman–Crippen MR) is 102 cm³/mol. The van der Waals surface area contributed by atoms with Crippen LogP contribution in [-0.4, -0.2) is 25.5 Å². The number of allylic oxidation sites excluding steroid dienone is 1. The third-order valence-corrected chi connectivity index (χ3v) is 4.85. The highest BCUT2D eigenvalue weighted by atomic mass is 16.6. The monoisotopic (exact) mass is 362 g/mol. The van der Waals surface area contributed by atoms with E-state index in [2.05, 4.69) is 9.97 Å². The lowest BCUT2D eigenvalue weighted by molar-refractivity contribution is -0.567. The van der Waals surface area contributed by atoms with Gasteiger partial charge in [0.25, 0.3) is 0 Å². The fourth-order valence-corrected chi connectivity index (χ4v) is 3.45. The minimum atomic E-state index is -1.81. The van der Waals surface area contributed by atoms with Crippen molar-refractivity contribution in [3.63, 3.8) is 0 Å². The first-order valence-electron chi connectivity index (χ1n) is 8.40. The van der Waals surface area contributed by atoms with Crippen molar-refractivity contribution in [2.45, 2.75) is 18.5 Å². The van der Waals surface area contributed by atoms with E-state index in [4.69, 9.17) is 11.5 Å². The summed E-state index contributed by atoms with van der Waals surface area (Å²) in [6.07, 6.45) is 7.82. The van der Waals surface area contributed by atoms with Gasteiger partial charge in [-0.15, -0.1) is 0 Å². The molecular weight excluding hydrogens is 344 g/mol. The van der Waals surface area contributed by atoms with Crippen LogP contribution in [0.15, 0.2) is 66.7 Å². The van der Waals surface area contributed by atoms with Gasteiger partial charge in [0.15, 0.2) is 0 Å². The van der Waals surface area contributed by atoms with Crippen LogP contribution in [0.5, 0.6) is 0 Å². The van der Waals surface area contributed by atoms with Crippen molar-refractivity contribution in [2.75, 3.05) is 0 Å². The van der Waals surface area contributed by atoms with Gasteiger partial charge in [-0.2, -0.15) is 0 Å². The zero-order valence-corrected chi connectivity index (χ0v) is 14.6. The maximum atomic E-state index is 12.0. The Balaban J connectivity index is 1.92. The van der Waals surface area contributed by atoms with E-state index in [0.29, 0.717) is 5.82 Å². The molecule has 2 heterocycles. The number of hydrogen-bond acceptors (Lipinski definition) is 6. The van der Waals surface area contributed by atoms with Crippen LogP contribution in [0.1, 0.15) is 11.4 Å². The van der Waals surface area contributed by atoms with Crippen molar-refractivity contribution in [3.8, 4) is 5.82 Å². The second kappa shape index (κ2) is 6.03. The van der Waals surface area contributed by atoms with E-state index in [9.17, 15) is 10.1 Å². The molecule has 0 saturated carbocycles. The number of fused-ring (bicyclic) bond motifs is 1. The SMILES string of the molecule is Cc1cn(-c2ccnc(C3([N+](=O)[O-])C=C(N)C=CC3N)n2)c2ccccc12. The van der Waals surface area contributed by atoms with Gasteiger partial charge in [-0.3, -0.25) is 10.1 Å². The highest BCUT2D eigenvalue weighted by Crippen LogP contribution is 2.32. The normalized spacial score (nSPS) is 22.0. The van der Waals surface area contributed by atoms with Gasteiger partial charge in [0.05, 0.1) is 5.52 Å². The Labute approximate surface area is 155 Å². The molecule has 1 aliphatic rings. The highest BCUT2D eigenvalue weighted by molar-refractivity contribution is 5.85. The number of rotatable bonds is 3. The Morgan fingerprint density at radius 3 is 2.85 bits per heavy atom. The first-order chi connectivity index (χ1) is 12.9. The number of aryl methyl sites for hydroxylation is 1. The lowest BCUT2D eigenvalue weighted by atomic mass is 9.85. The summed E-state index contributed by atoms with van der Waals surface area (Å²) >= 11 is 0. The van der Waals surface area contributed by atoms with E-state index in [1.54, 1.807) is 12.1 Å². The molecule has 2 atom stereocenters. The standard InChI is InChI=1S/C19H18N6O2/c1-12-11-24(15-5-3-2-4-14(12)15)17-8-9-22-18(23-17)19(25(26)27)10-13(20)6-7-16(19)21/h2-11,16H,20-21H2,1H3. The number of nitrogens with zero attached hydrogens (tertiary/aromatic N) is 4. The van der Waals surface area contributed by atoms with Crippen LogP contribution in [0.25, 0.3) is 16.7 Å². The molecule has 4 N–H and O–H groups in total. The van der Waals surface area contributed by atoms with Crippen LogP contribution in [0, 0.1) is 17.0 Å². The first-order valence-corrected chi connectivity index (χ1v) is 8.40. The molecule has 0 aliphatic heterocycles. The number of nitro groups is 1. The maximum absolute atomic E-state index is 12.0. The number of para-hydroxylation sites is 1. The van der Waals surface area contributed by atoms with Crippen molar-refractivity contribution in [3.05, 3.63) is 88.2 Å². The summed E-state index contributed by atoms with van der Waals surface area (Å²) in [5.74, 6) is 0.527. The molecule has 0 saturated heterocycles. The molecule has 4 rings (SSSR count). The van der Waals surface area contributed by atoms with Crippen LogP contribution in [0.3, 0.4) is 0 Å². The molecule has 8 heteroatoms. The Morgan fingerprint density at radius 1 is 1.30 bits per heavy atom. The number of benzene rings is 1. The summed E-state index contributed by atoms with van der Waals surface area (Å²) in [6.45, 7) is 2.00. The topological polar surface area (TPSA) is 126 Å². The zero-order valence-electron chi connectivity index (χ0n) is 14.6. The van der Waals surface area contributed by atoms with Crippen LogP contribution in [-0.2, 0) is 5.54 Å². The van der Waals surface area contributed by atoms with Crippen LogP contribution in [0.2, 0.25) is 0 Å². The second-order valence-corrected chi connectivity index (χ2v) is 6.55. The third kappa shape index (κ3) is 2.49. The molecule has 1 aliphatic carbocycles. The highest BCUT2D eigenvalue weighted by Gasteiger charge is 2.52. The van der Waals surface area contributed by atoms with Crippen molar-refractivity contribution >= 4 is 10.9 Å². The van der Waals surface area contributed by atoms with Gasteiger partial charge in [-0.1, -0.05) is 24.3 Å². The quantitative estimate of drug-likeness (QED) is 0.542. The van der Waals surface area contributed by atoms with E-state index in [1.807, 2.05) is 42.0 Å². The molecule has 1 aromatic carbocycles. The molecular formula is C19H18N6O2. The summed E-state index contributed by atoms with van der Waals surface area (Å²) in [7, 11) is 0. The molecule has 2 unspecified atom stereocenters. The largest absolute Gasteiger partial charge is 0.399 e. The van der Waals surface area contributed by atoms with Crippen molar-refractivity contribution in [1.29, 1.82) is 0 Å². The molecule has 8 nitrogen and oxygen atoms in total. The lowest BCUT2D eigenvalue weighted by Gasteiger charge is -2.27. The fraction of sp³-hybridized carbons (Fsp3) is 0.158. The predicted octanol–water partition coefficient (Wildman–Crippen LogP) is 1.94. The summed E-state index contributed by atoms with van der Waals surface area (Å²) in [4.78, 5) is 20.2. The minimum Gasteiger partial charge on any atom is -0.399 e. The molecule has 0 amide bonds. The molecule has 2 aromatic heterocycles. The van der Waals surface area contributed by atoms with Gasteiger partial charge in [0.2, 0.25) is 5.82 Å². The number of aromatic nitrogens is 3. The average molecular weight is 362 g/mol. The maximum Gasteiger partial charge on any atom is 0.319 e. The van der Waals surface area contributed by atoms with Crippen molar-refractivity contribution in [2.24, 2.45) is 11.5 Å². The van der Waals surface area contributed by atoms with Crippen LogP contribution in [0.4, 0.5) is 0 Å². The van der Waals surface area contributed by atoms with Gasteiger partial charge >= 0.3 is 5.54 Å². The number of nitrogens with two attached hydrogens (primary N) is 2. The van der Waals surface area contributed by atoms with E-state index in [0.717, 1.165) is 16.5 Å². The fourth-order valence-electron chi connectivity index (χ4n) is 3.45. The Morgan fingerprint density at radius 2 is 2.07 bits per heavy atom. The minimum absolute atomic E-state index is 0.000217. The molecule has 0 radical (unpaired) electrons. The third-order valence-electron chi connectivity index (χ3n) is 4.85. The van der Waals surface area contributed by atoms with Gasteiger partial charge in [0.1, 0.15) is 11.9 Å². The van der Waals surface area contributed by atoms with E-state index in [-0.39, 0.29) is 11.5 Å². The molecule has 0 fully saturated rings. The van der Waals surface area contributed by atoms with Crippen LogP contribution < -0.4 is 11.5 Å². The molecule has 0 spiro atoms. The first kappa shape index (κ1) is 16.9. The molecule has 0 bridgehead atoms. The van der Waals surface area contributed by atoms with E-state index >= 15 is 0 Å². The van der Waals surface area contributed by atoms with E-state index in [1.165, 1.54) is 18.3 Å². The average Bonchev–Trinajstić information content (AvgIpc) is 3.01. The van der Waals surface area contributed by atoms with Gasteiger partial charge in [-0.05, 0) is 30.7 Å². The molecule has 27 heavy (non-hydrogen) atoms. The van der Waals surface area contributed by atoms with Crippen molar-refractivity contribution < 1.29 is 4.92 Å². The smallest absolute Gasteiger partial charge is 0.319 e. The zero-order chi connectivity index (χ0) is 19.2. The van der Waals surface area contributed by atoms with Gasteiger partial charge < -0.3 is 16.0 Å². The molecule has 136 valence electrons. The summed E-state index contributed by atoms with van der Waals surface area (Å²) in [5, 5.41) is 13.1. The Kier molecular flexibility index (Phi) is 3.78. The second-order valence-electron chi connectivity index (χ2n) is 6.55. The summed E-state index contributed by atoms with van der Waals surface area (Å²) in [5.41, 5.74) is 12.4. The number of hydrogen-bond donors (Lipinski definition) is 2. The van der Waals surface area contributed by atoms with E-state index < -0.39 is 16.5 Å². The van der Waals surface area contributed by atoms with Gasteiger partial charge in [0, 0.05) is 34.5 Å². The summed E-state index contributed by atoms with van der Waals surface area (Å²) < 4.78 is 1.89. The van der Waals surface area contributed by atoms with Crippen molar-refractivity contribution in [1.82, 2.24) is 14.5 Å². The van der Waals surface area contributed by atoms with Crippen LogP contribution >= 0.6 is 0 Å². The molecule has 3 aromatic rings. The Bertz CT molecular complexity index is 1120. The lowest BCUT2D eigenvalue weighted by Crippen LogP contribution is -2.51. The summed E-state index contributed by atoms with van der Waals surface area (Å²) in [6, 6.07) is 8.67. The van der Waals surface area contributed by atoms with Gasteiger partial charge in [-0.25, -0.2) is 9.97 Å².